The summed E-state index contributed by atoms with van der Waals surface area (Å²) in [6, 6.07) is 17.9. The minimum absolute atomic E-state index is 0.141. The Balaban J connectivity index is 1.57. The van der Waals surface area contributed by atoms with Crippen molar-refractivity contribution in [3.8, 4) is 5.75 Å². The smallest absolute Gasteiger partial charge is 0.242 e. The zero-order chi connectivity index (χ0) is 19.3. The van der Waals surface area contributed by atoms with Gasteiger partial charge in [0.15, 0.2) is 0 Å². The van der Waals surface area contributed by atoms with Gasteiger partial charge in [-0.1, -0.05) is 30.3 Å². The zero-order valence-corrected chi connectivity index (χ0v) is 16.2. The van der Waals surface area contributed by atoms with Crippen molar-refractivity contribution >= 4 is 16.9 Å². The van der Waals surface area contributed by atoms with Crippen LogP contribution in [0.15, 0.2) is 54.6 Å². The van der Waals surface area contributed by atoms with Crippen LogP contribution in [0, 0.1) is 0 Å². The Labute approximate surface area is 165 Å². The van der Waals surface area contributed by atoms with E-state index in [9.17, 15) is 4.79 Å². The maximum atomic E-state index is 13.1. The largest absolute Gasteiger partial charge is 0.486 e. The van der Waals surface area contributed by atoms with Gasteiger partial charge in [0.2, 0.25) is 5.91 Å². The zero-order valence-electron chi connectivity index (χ0n) is 16.2. The summed E-state index contributed by atoms with van der Waals surface area (Å²) in [6.45, 7) is 2.27. The number of ether oxygens (including phenoxy) is 1. The Kier molecular flexibility index (Phi) is 5.58. The molecule has 2 aromatic carbocycles. The number of imidazole rings is 1. The predicted octanol–water partition coefficient (Wildman–Crippen LogP) is 2.83. The summed E-state index contributed by atoms with van der Waals surface area (Å²) in [7, 11) is 1.93. The van der Waals surface area contributed by atoms with Gasteiger partial charge in [-0.2, -0.15) is 0 Å². The summed E-state index contributed by atoms with van der Waals surface area (Å²) in [4.78, 5) is 19.8. The Hall–Kier alpha value is -2.86. The van der Waals surface area contributed by atoms with Crippen LogP contribution in [0.25, 0.3) is 11.0 Å². The van der Waals surface area contributed by atoms with E-state index in [0.29, 0.717) is 6.61 Å². The van der Waals surface area contributed by atoms with Crippen LogP contribution < -0.4 is 10.1 Å². The molecule has 1 fully saturated rings. The van der Waals surface area contributed by atoms with E-state index in [0.717, 1.165) is 48.5 Å². The maximum absolute atomic E-state index is 13.1. The van der Waals surface area contributed by atoms with Gasteiger partial charge in [0, 0.05) is 19.1 Å². The number of likely N-dealkylation sites (N-methyl/N-ethyl adjacent to an activating group) is 1. The molecule has 1 unspecified atom stereocenters. The summed E-state index contributed by atoms with van der Waals surface area (Å²) in [6.07, 6.45) is 2.12. The van der Waals surface area contributed by atoms with Gasteiger partial charge < -0.3 is 19.5 Å². The molecule has 3 aromatic rings. The van der Waals surface area contributed by atoms with Crippen LogP contribution in [0.1, 0.15) is 18.7 Å². The molecule has 2 heterocycles. The molecule has 6 heteroatoms. The van der Waals surface area contributed by atoms with Crippen LogP contribution >= 0.6 is 0 Å². The highest BCUT2D eigenvalue weighted by Gasteiger charge is 2.28. The van der Waals surface area contributed by atoms with E-state index < -0.39 is 0 Å². The monoisotopic (exact) mass is 378 g/mol. The van der Waals surface area contributed by atoms with E-state index >= 15 is 0 Å². The van der Waals surface area contributed by atoms with Crippen molar-refractivity contribution < 1.29 is 9.53 Å². The fourth-order valence-electron chi connectivity index (χ4n) is 3.91. The van der Waals surface area contributed by atoms with E-state index in [1.807, 2.05) is 71.1 Å². The Morgan fingerprint density at radius 3 is 2.79 bits per heavy atom. The molecule has 4 rings (SSSR count). The third-order valence-electron chi connectivity index (χ3n) is 5.28. The van der Waals surface area contributed by atoms with E-state index in [1.54, 1.807) is 0 Å². The summed E-state index contributed by atoms with van der Waals surface area (Å²) in [5, 5.41) is 3.20. The number of rotatable bonds is 7. The van der Waals surface area contributed by atoms with Crippen LogP contribution in [0.4, 0.5) is 0 Å². The van der Waals surface area contributed by atoms with Crippen LogP contribution in [-0.4, -0.2) is 46.5 Å². The number of hydrogen-bond acceptors (Lipinski definition) is 4. The Bertz CT molecular complexity index is 938. The van der Waals surface area contributed by atoms with Crippen molar-refractivity contribution in [1.82, 2.24) is 19.8 Å². The van der Waals surface area contributed by atoms with Crippen molar-refractivity contribution in [3.63, 3.8) is 0 Å². The van der Waals surface area contributed by atoms with Crippen LogP contribution in [-0.2, 0) is 17.9 Å². The SMILES string of the molecule is CNCC1CCCN1C(=O)Cn1c(COc2ccccc2)nc2ccccc21. The summed E-state index contributed by atoms with van der Waals surface area (Å²) in [5.74, 6) is 1.70. The number of para-hydroxylation sites is 3. The highest BCUT2D eigenvalue weighted by atomic mass is 16.5. The molecule has 146 valence electrons. The maximum Gasteiger partial charge on any atom is 0.242 e. The minimum atomic E-state index is 0.141. The lowest BCUT2D eigenvalue weighted by Gasteiger charge is -2.25. The first-order valence-electron chi connectivity index (χ1n) is 9.82. The van der Waals surface area contributed by atoms with Gasteiger partial charge in [0.1, 0.15) is 24.7 Å². The minimum Gasteiger partial charge on any atom is -0.486 e. The van der Waals surface area contributed by atoms with E-state index in [2.05, 4.69) is 5.32 Å². The molecule has 1 aliphatic rings. The van der Waals surface area contributed by atoms with Crippen LogP contribution in [0.2, 0.25) is 0 Å². The molecule has 0 aliphatic carbocycles. The molecule has 0 saturated carbocycles. The summed E-state index contributed by atoms with van der Waals surface area (Å²) >= 11 is 0. The molecule has 1 atom stereocenters. The number of nitrogens with one attached hydrogen (secondary N) is 1. The lowest BCUT2D eigenvalue weighted by Crippen LogP contribution is -2.42. The second kappa shape index (κ2) is 8.44. The summed E-state index contributed by atoms with van der Waals surface area (Å²) < 4.78 is 7.91. The number of carbonyl (C=O) groups excluding carboxylic acids is 1. The Morgan fingerprint density at radius 1 is 1.18 bits per heavy atom. The van der Waals surface area contributed by atoms with E-state index in [-0.39, 0.29) is 18.5 Å². The van der Waals surface area contributed by atoms with Crippen molar-refractivity contribution in [3.05, 3.63) is 60.4 Å². The molecule has 1 amide bonds. The molecule has 1 saturated heterocycles. The number of nitrogens with zero attached hydrogens (tertiary/aromatic N) is 3. The average molecular weight is 378 g/mol. The fraction of sp³-hybridized carbons (Fsp3) is 0.364. The first-order chi connectivity index (χ1) is 13.8. The third kappa shape index (κ3) is 3.87. The fourth-order valence-corrected chi connectivity index (χ4v) is 3.91. The number of carbonyl (C=O) groups is 1. The molecule has 28 heavy (non-hydrogen) atoms. The van der Waals surface area contributed by atoms with E-state index in [1.165, 1.54) is 0 Å². The number of hydrogen-bond donors (Lipinski definition) is 1. The topological polar surface area (TPSA) is 59.4 Å². The first-order valence-corrected chi connectivity index (χ1v) is 9.82. The number of amides is 1. The molecule has 1 aromatic heterocycles. The van der Waals surface area contributed by atoms with Gasteiger partial charge in [-0.3, -0.25) is 4.79 Å². The van der Waals surface area contributed by atoms with Gasteiger partial charge in [0.25, 0.3) is 0 Å². The number of benzene rings is 2. The highest BCUT2D eigenvalue weighted by molar-refractivity contribution is 5.81. The van der Waals surface area contributed by atoms with Gasteiger partial charge in [0.05, 0.1) is 11.0 Å². The Morgan fingerprint density at radius 2 is 1.96 bits per heavy atom. The number of likely N-dealkylation sites (tertiary alicyclic amines) is 1. The van der Waals surface area contributed by atoms with Crippen LogP contribution in [0.5, 0.6) is 5.75 Å². The second-order valence-corrected chi connectivity index (χ2v) is 7.15. The van der Waals surface area contributed by atoms with Gasteiger partial charge in [-0.05, 0) is 44.2 Å². The normalized spacial score (nSPS) is 16.6. The lowest BCUT2D eigenvalue weighted by molar-refractivity contribution is -0.132. The molecule has 0 bridgehead atoms. The van der Waals surface area contributed by atoms with Gasteiger partial charge in [-0.15, -0.1) is 0 Å². The molecule has 1 aliphatic heterocycles. The molecule has 0 radical (unpaired) electrons. The van der Waals surface area contributed by atoms with E-state index in [4.69, 9.17) is 9.72 Å². The third-order valence-corrected chi connectivity index (χ3v) is 5.28. The molecule has 0 spiro atoms. The quantitative estimate of drug-likeness (QED) is 0.687. The van der Waals surface area contributed by atoms with Crippen molar-refractivity contribution in [2.24, 2.45) is 0 Å². The predicted molar refractivity (Wildman–Crippen MR) is 109 cm³/mol. The number of aromatic nitrogens is 2. The van der Waals surface area contributed by atoms with Gasteiger partial charge in [-0.25, -0.2) is 4.98 Å². The van der Waals surface area contributed by atoms with Crippen molar-refractivity contribution in [2.75, 3.05) is 20.1 Å². The number of fused-ring (bicyclic) bond motifs is 1. The lowest BCUT2D eigenvalue weighted by atomic mass is 10.2. The molecular formula is C22H26N4O2. The van der Waals surface area contributed by atoms with Crippen molar-refractivity contribution in [1.29, 1.82) is 0 Å². The first kappa shape index (κ1) is 18.5. The van der Waals surface area contributed by atoms with Gasteiger partial charge >= 0.3 is 0 Å². The highest BCUT2D eigenvalue weighted by Crippen LogP contribution is 2.21. The molecule has 1 N–H and O–H groups in total. The van der Waals surface area contributed by atoms with Crippen LogP contribution in [0.3, 0.4) is 0 Å². The standard InChI is InChI=1S/C22H26N4O2/c1-23-14-17-8-7-13-25(17)22(27)15-26-20-12-6-5-11-19(20)24-21(26)16-28-18-9-3-2-4-10-18/h2-6,9-12,17,23H,7-8,13-16H2,1H3. The average Bonchev–Trinajstić information content (AvgIpc) is 3.32. The van der Waals surface area contributed by atoms with Crippen molar-refractivity contribution in [2.45, 2.75) is 32.0 Å². The summed E-state index contributed by atoms with van der Waals surface area (Å²) in [5.41, 5.74) is 1.85. The molecule has 6 nitrogen and oxygen atoms in total. The molecular weight excluding hydrogens is 352 g/mol. The second-order valence-electron chi connectivity index (χ2n) is 7.15.